The normalized spacial score (nSPS) is 17.9. The van der Waals surface area contributed by atoms with Gasteiger partial charge in [-0.05, 0) is 39.7 Å². The fourth-order valence-corrected chi connectivity index (χ4v) is 3.97. The summed E-state index contributed by atoms with van der Waals surface area (Å²) in [6.45, 7) is 6.68. The number of nitro benzene ring substituents is 1. The lowest BCUT2D eigenvalue weighted by molar-refractivity contribution is -0.385. The summed E-state index contributed by atoms with van der Waals surface area (Å²) in [6, 6.07) is 3.02. The summed E-state index contributed by atoms with van der Waals surface area (Å²) in [7, 11) is 0. The van der Waals surface area contributed by atoms with Gasteiger partial charge in [-0.2, -0.15) is 0 Å². The van der Waals surface area contributed by atoms with E-state index in [1.807, 2.05) is 20.8 Å². The molecule has 0 aromatic heterocycles. The number of hydrogen-bond acceptors (Lipinski definition) is 5. The average molecular weight is 440 g/mol. The second-order valence-electron chi connectivity index (χ2n) is 7.84. The second kappa shape index (κ2) is 7.10. The zero-order valence-electron chi connectivity index (χ0n) is 15.5. The molecule has 1 fully saturated rings. The summed E-state index contributed by atoms with van der Waals surface area (Å²) in [5.74, 6) is -0.190. The fraction of sp³-hybridized carbons (Fsp3) is 0.556. The van der Waals surface area contributed by atoms with Crippen LogP contribution < -0.4 is 0 Å². The molecular weight excluding hydrogens is 418 g/mol. The van der Waals surface area contributed by atoms with Crippen LogP contribution >= 0.6 is 15.9 Å². The molecule has 0 N–H and O–H groups in total. The van der Waals surface area contributed by atoms with Gasteiger partial charge in [0.1, 0.15) is 5.60 Å². The van der Waals surface area contributed by atoms with Crippen molar-refractivity contribution in [3.63, 3.8) is 0 Å². The number of ether oxygens (including phenoxy) is 1. The summed E-state index contributed by atoms with van der Waals surface area (Å²) in [6.07, 6.45) is 0.888. The van der Waals surface area contributed by atoms with Crippen LogP contribution in [0.25, 0.3) is 0 Å². The Morgan fingerprint density at radius 1 is 1.30 bits per heavy atom. The van der Waals surface area contributed by atoms with Gasteiger partial charge in [-0.15, -0.1) is 0 Å². The van der Waals surface area contributed by atoms with Crippen molar-refractivity contribution in [2.24, 2.45) is 0 Å². The van der Waals surface area contributed by atoms with E-state index in [0.717, 1.165) is 0 Å². The monoisotopic (exact) mass is 439 g/mol. The van der Waals surface area contributed by atoms with Gasteiger partial charge in [0.05, 0.1) is 22.6 Å². The third kappa shape index (κ3) is 4.07. The number of hydrogen-bond donors (Lipinski definition) is 0. The average Bonchev–Trinajstić information content (AvgIpc) is 2.89. The Balaban J connectivity index is 1.69. The van der Waals surface area contributed by atoms with Crippen LogP contribution in [0.1, 0.15) is 49.5 Å². The molecule has 8 nitrogen and oxygen atoms in total. The SMILES string of the molecule is CC(C)(C)OC(=O)N1CCC(N2Cc3c(cc(Br)cc3[N+](=O)[O-])C2=O)CC1. The highest BCUT2D eigenvalue weighted by Crippen LogP contribution is 2.36. The van der Waals surface area contributed by atoms with Gasteiger partial charge in [-0.1, -0.05) is 15.9 Å². The molecule has 1 aromatic rings. The Kier molecular flexibility index (Phi) is 5.16. The van der Waals surface area contributed by atoms with Gasteiger partial charge in [0.15, 0.2) is 0 Å². The molecule has 0 aliphatic carbocycles. The summed E-state index contributed by atoms with van der Waals surface area (Å²) in [5.41, 5.74) is 0.252. The number of rotatable bonds is 2. The number of amides is 2. The molecule has 0 spiro atoms. The van der Waals surface area contributed by atoms with Gasteiger partial charge in [0.2, 0.25) is 0 Å². The second-order valence-corrected chi connectivity index (χ2v) is 8.76. The largest absolute Gasteiger partial charge is 0.444 e. The molecule has 9 heteroatoms. The molecule has 27 heavy (non-hydrogen) atoms. The lowest BCUT2D eigenvalue weighted by Gasteiger charge is -2.37. The van der Waals surface area contributed by atoms with Crippen molar-refractivity contribution in [2.75, 3.05) is 13.1 Å². The number of benzene rings is 1. The van der Waals surface area contributed by atoms with Crippen LogP contribution in [0.5, 0.6) is 0 Å². The highest BCUT2D eigenvalue weighted by Gasteiger charge is 2.39. The smallest absolute Gasteiger partial charge is 0.410 e. The van der Waals surface area contributed by atoms with Crippen LogP contribution in [-0.4, -0.2) is 51.5 Å². The van der Waals surface area contributed by atoms with Crippen molar-refractivity contribution < 1.29 is 19.2 Å². The van der Waals surface area contributed by atoms with Crippen LogP contribution in [0, 0.1) is 10.1 Å². The first-order valence-corrected chi connectivity index (χ1v) is 9.62. The molecule has 146 valence electrons. The van der Waals surface area contributed by atoms with Crippen LogP contribution in [0.4, 0.5) is 10.5 Å². The molecule has 0 bridgehead atoms. The highest BCUT2D eigenvalue weighted by molar-refractivity contribution is 9.10. The third-order valence-corrected chi connectivity index (χ3v) is 5.22. The molecule has 0 atom stereocenters. The Labute approximate surface area is 165 Å². The lowest BCUT2D eigenvalue weighted by atomic mass is 10.0. The van der Waals surface area contributed by atoms with Gasteiger partial charge in [0, 0.05) is 29.7 Å². The first kappa shape index (κ1) is 19.6. The zero-order valence-corrected chi connectivity index (χ0v) is 17.1. The van der Waals surface area contributed by atoms with E-state index in [9.17, 15) is 19.7 Å². The Morgan fingerprint density at radius 2 is 1.93 bits per heavy atom. The van der Waals surface area contributed by atoms with E-state index < -0.39 is 10.5 Å². The van der Waals surface area contributed by atoms with E-state index in [0.29, 0.717) is 41.5 Å². The van der Waals surface area contributed by atoms with Gasteiger partial charge >= 0.3 is 6.09 Å². The van der Waals surface area contributed by atoms with Gasteiger partial charge in [0.25, 0.3) is 11.6 Å². The standard InChI is InChI=1S/C18H22BrN3O5/c1-18(2,3)27-17(24)20-6-4-12(5-7-20)21-10-14-13(16(21)23)8-11(19)9-15(14)22(25)26/h8-9,12H,4-7,10H2,1-3H3. The third-order valence-electron chi connectivity index (χ3n) is 4.76. The predicted molar refractivity (Wildman–Crippen MR) is 101 cm³/mol. The van der Waals surface area contributed by atoms with E-state index in [4.69, 9.17) is 4.74 Å². The molecule has 2 aliphatic heterocycles. The first-order valence-electron chi connectivity index (χ1n) is 8.82. The number of halogens is 1. The van der Waals surface area contributed by atoms with E-state index in [1.54, 1.807) is 15.9 Å². The van der Waals surface area contributed by atoms with E-state index in [1.165, 1.54) is 6.07 Å². The quantitative estimate of drug-likeness (QED) is 0.516. The number of piperidine rings is 1. The topological polar surface area (TPSA) is 93.0 Å². The van der Waals surface area contributed by atoms with Crippen LogP contribution in [-0.2, 0) is 11.3 Å². The highest BCUT2D eigenvalue weighted by atomic mass is 79.9. The van der Waals surface area contributed by atoms with E-state index in [2.05, 4.69) is 15.9 Å². The minimum absolute atomic E-state index is 0.0404. The van der Waals surface area contributed by atoms with E-state index >= 15 is 0 Å². The van der Waals surface area contributed by atoms with Crippen molar-refractivity contribution in [3.8, 4) is 0 Å². The number of likely N-dealkylation sites (tertiary alicyclic amines) is 1. The maximum atomic E-state index is 12.8. The summed E-state index contributed by atoms with van der Waals surface area (Å²) < 4.78 is 5.91. The Morgan fingerprint density at radius 3 is 2.48 bits per heavy atom. The molecule has 0 saturated carbocycles. The summed E-state index contributed by atoms with van der Waals surface area (Å²) >= 11 is 3.24. The summed E-state index contributed by atoms with van der Waals surface area (Å²) in [5, 5.41) is 11.3. The molecule has 2 aliphatic rings. The minimum atomic E-state index is -0.549. The first-order chi connectivity index (χ1) is 12.6. The van der Waals surface area contributed by atoms with Crippen molar-refractivity contribution in [1.29, 1.82) is 0 Å². The predicted octanol–water partition coefficient (Wildman–Crippen LogP) is 3.71. The molecule has 1 saturated heterocycles. The van der Waals surface area contributed by atoms with E-state index in [-0.39, 0.29) is 30.3 Å². The van der Waals surface area contributed by atoms with Crippen molar-refractivity contribution in [2.45, 2.75) is 51.8 Å². The maximum Gasteiger partial charge on any atom is 0.410 e. The van der Waals surface area contributed by atoms with Crippen LogP contribution in [0.3, 0.4) is 0 Å². The molecule has 2 heterocycles. The molecule has 0 radical (unpaired) electrons. The molecule has 0 unspecified atom stereocenters. The molecule has 3 rings (SSSR count). The minimum Gasteiger partial charge on any atom is -0.444 e. The van der Waals surface area contributed by atoms with Crippen molar-refractivity contribution in [1.82, 2.24) is 9.80 Å². The summed E-state index contributed by atoms with van der Waals surface area (Å²) in [4.78, 5) is 39.2. The van der Waals surface area contributed by atoms with Gasteiger partial charge in [-0.25, -0.2) is 4.79 Å². The van der Waals surface area contributed by atoms with Crippen molar-refractivity contribution in [3.05, 3.63) is 37.8 Å². The van der Waals surface area contributed by atoms with Gasteiger partial charge < -0.3 is 14.5 Å². The number of nitro groups is 1. The maximum absolute atomic E-state index is 12.8. The zero-order chi connectivity index (χ0) is 19.9. The lowest BCUT2D eigenvalue weighted by Crippen LogP contribution is -2.48. The molecule has 1 aromatic carbocycles. The number of carbonyl (C=O) groups excluding carboxylic acids is 2. The Bertz CT molecular complexity index is 797. The van der Waals surface area contributed by atoms with Crippen molar-refractivity contribution >= 4 is 33.6 Å². The Hall–Kier alpha value is -2.16. The van der Waals surface area contributed by atoms with Gasteiger partial charge in [-0.3, -0.25) is 14.9 Å². The fourth-order valence-electron chi connectivity index (χ4n) is 3.52. The molecular formula is C18H22BrN3O5. The van der Waals surface area contributed by atoms with Crippen LogP contribution in [0.15, 0.2) is 16.6 Å². The number of carbonyl (C=O) groups is 2. The van der Waals surface area contributed by atoms with Crippen LogP contribution in [0.2, 0.25) is 0 Å². The molecule has 2 amide bonds. The number of fused-ring (bicyclic) bond motifs is 1. The number of nitrogens with zero attached hydrogens (tertiary/aromatic N) is 3.